The van der Waals surface area contributed by atoms with Gasteiger partial charge < -0.3 is 9.09 Å². The molecule has 0 saturated carbocycles. The Kier molecular flexibility index (Phi) is 5.44. The fourth-order valence-corrected chi connectivity index (χ4v) is 3.03. The molecule has 3 aromatic heterocycles. The monoisotopic (exact) mass is 358 g/mol. The molecule has 0 fully saturated rings. The molecule has 9 heteroatoms. The molecular formula is C16H18N6O2S. The largest absolute Gasteiger partial charge is 0.338 e. The zero-order chi connectivity index (χ0) is 17.6. The van der Waals surface area contributed by atoms with Gasteiger partial charge in [-0.25, -0.2) is 0 Å². The zero-order valence-electron chi connectivity index (χ0n) is 14.0. The molecule has 3 heterocycles. The van der Waals surface area contributed by atoms with Gasteiger partial charge in [0.05, 0.1) is 11.4 Å². The zero-order valence-corrected chi connectivity index (χ0v) is 14.8. The van der Waals surface area contributed by atoms with Crippen LogP contribution in [0.1, 0.15) is 19.0 Å². The number of hydrogen-bond donors (Lipinski definition) is 1. The van der Waals surface area contributed by atoms with Crippen molar-refractivity contribution in [3.63, 3.8) is 0 Å². The summed E-state index contributed by atoms with van der Waals surface area (Å²) >= 11 is 1.34. The number of pyridine rings is 1. The first-order valence-corrected chi connectivity index (χ1v) is 8.85. The average molecular weight is 358 g/mol. The maximum Gasteiger partial charge on any atom is 0.237 e. The van der Waals surface area contributed by atoms with Crippen molar-refractivity contribution in [2.75, 3.05) is 11.1 Å². The van der Waals surface area contributed by atoms with Crippen LogP contribution in [0, 0.1) is 6.92 Å². The fraction of sp³-hybridized carbons (Fsp3) is 0.312. The summed E-state index contributed by atoms with van der Waals surface area (Å²) in [6.07, 6.45) is 4.38. The van der Waals surface area contributed by atoms with E-state index >= 15 is 0 Å². The van der Waals surface area contributed by atoms with Crippen LogP contribution in [0.3, 0.4) is 0 Å². The highest BCUT2D eigenvalue weighted by molar-refractivity contribution is 7.99. The van der Waals surface area contributed by atoms with Crippen LogP contribution >= 0.6 is 11.8 Å². The van der Waals surface area contributed by atoms with E-state index in [1.807, 2.05) is 16.7 Å². The fourth-order valence-electron chi connectivity index (χ4n) is 2.26. The van der Waals surface area contributed by atoms with Crippen LogP contribution in [0.4, 0.5) is 5.88 Å². The molecule has 8 nitrogen and oxygen atoms in total. The highest BCUT2D eigenvalue weighted by Crippen LogP contribution is 2.24. The number of amides is 1. The molecule has 0 radical (unpaired) electrons. The van der Waals surface area contributed by atoms with E-state index in [0.717, 1.165) is 24.4 Å². The second-order valence-corrected chi connectivity index (χ2v) is 6.31. The SMILES string of the molecule is CCCn1c(SCC(=O)Nc2cc(C)no2)nnc1-c1ccncc1. The van der Waals surface area contributed by atoms with Crippen LogP contribution < -0.4 is 5.32 Å². The highest BCUT2D eigenvalue weighted by Gasteiger charge is 2.15. The van der Waals surface area contributed by atoms with Gasteiger partial charge >= 0.3 is 0 Å². The number of carbonyl (C=O) groups is 1. The minimum Gasteiger partial charge on any atom is -0.338 e. The Balaban J connectivity index is 1.69. The summed E-state index contributed by atoms with van der Waals surface area (Å²) in [4.78, 5) is 16.1. The average Bonchev–Trinajstić information content (AvgIpc) is 3.20. The number of aromatic nitrogens is 5. The van der Waals surface area contributed by atoms with E-state index in [1.165, 1.54) is 11.8 Å². The molecule has 3 rings (SSSR count). The van der Waals surface area contributed by atoms with Gasteiger partial charge in [0.2, 0.25) is 11.8 Å². The smallest absolute Gasteiger partial charge is 0.237 e. The first-order valence-electron chi connectivity index (χ1n) is 7.87. The Labute approximate surface area is 149 Å². The van der Waals surface area contributed by atoms with E-state index < -0.39 is 0 Å². The van der Waals surface area contributed by atoms with Gasteiger partial charge in [-0.2, -0.15) is 0 Å². The topological polar surface area (TPSA) is 98.7 Å². The molecule has 0 saturated heterocycles. The molecule has 0 spiro atoms. The molecule has 0 aliphatic carbocycles. The summed E-state index contributed by atoms with van der Waals surface area (Å²) in [6, 6.07) is 5.46. The number of hydrogen-bond acceptors (Lipinski definition) is 7. The van der Waals surface area contributed by atoms with Crippen LogP contribution in [-0.2, 0) is 11.3 Å². The number of anilines is 1. The van der Waals surface area contributed by atoms with Gasteiger partial charge in [-0.15, -0.1) is 10.2 Å². The number of aryl methyl sites for hydroxylation is 1. The van der Waals surface area contributed by atoms with Crippen molar-refractivity contribution in [1.82, 2.24) is 24.9 Å². The molecule has 3 aromatic rings. The van der Waals surface area contributed by atoms with Gasteiger partial charge in [0.1, 0.15) is 0 Å². The molecule has 130 valence electrons. The minimum absolute atomic E-state index is 0.183. The molecule has 0 unspecified atom stereocenters. The second-order valence-electron chi connectivity index (χ2n) is 5.36. The summed E-state index contributed by atoms with van der Waals surface area (Å²) in [5.74, 6) is 1.14. The Morgan fingerprint density at radius 3 is 2.80 bits per heavy atom. The highest BCUT2D eigenvalue weighted by atomic mass is 32.2. The van der Waals surface area contributed by atoms with Crippen molar-refractivity contribution in [1.29, 1.82) is 0 Å². The lowest BCUT2D eigenvalue weighted by molar-refractivity contribution is -0.113. The van der Waals surface area contributed by atoms with Crippen molar-refractivity contribution < 1.29 is 9.32 Å². The van der Waals surface area contributed by atoms with Crippen molar-refractivity contribution in [2.45, 2.75) is 32.0 Å². The van der Waals surface area contributed by atoms with Crippen LogP contribution in [0.2, 0.25) is 0 Å². The van der Waals surface area contributed by atoms with E-state index in [9.17, 15) is 4.79 Å². The van der Waals surface area contributed by atoms with Gasteiger partial charge in [0.25, 0.3) is 0 Å². The van der Waals surface area contributed by atoms with E-state index in [0.29, 0.717) is 16.7 Å². The molecule has 0 bridgehead atoms. The summed E-state index contributed by atoms with van der Waals surface area (Å²) < 4.78 is 7.00. The molecule has 0 aromatic carbocycles. The number of nitrogens with one attached hydrogen (secondary N) is 1. The van der Waals surface area contributed by atoms with E-state index in [4.69, 9.17) is 4.52 Å². The summed E-state index contributed by atoms with van der Waals surface area (Å²) in [6.45, 7) is 4.65. The van der Waals surface area contributed by atoms with Crippen molar-refractivity contribution in [3.8, 4) is 11.4 Å². The molecule has 1 amide bonds. The number of thioether (sulfide) groups is 1. The standard InChI is InChI=1S/C16H18N6O2S/c1-3-8-22-15(12-4-6-17-7-5-12)19-20-16(22)25-10-13(23)18-14-9-11(2)21-24-14/h4-7,9H,3,8,10H2,1-2H3,(H,18,23). The van der Waals surface area contributed by atoms with Crippen molar-refractivity contribution in [3.05, 3.63) is 36.3 Å². The third-order valence-corrected chi connectivity index (χ3v) is 4.29. The van der Waals surface area contributed by atoms with Gasteiger partial charge in [-0.1, -0.05) is 23.8 Å². The Hall–Kier alpha value is -2.68. The van der Waals surface area contributed by atoms with E-state index in [1.54, 1.807) is 25.4 Å². The third-order valence-electron chi connectivity index (χ3n) is 3.33. The Morgan fingerprint density at radius 1 is 1.32 bits per heavy atom. The van der Waals surface area contributed by atoms with E-state index in [2.05, 4.69) is 32.6 Å². The first kappa shape index (κ1) is 17.2. The molecule has 0 aliphatic rings. The number of carbonyl (C=O) groups excluding carboxylic acids is 1. The molecule has 0 aliphatic heterocycles. The Bertz CT molecular complexity index is 845. The Morgan fingerprint density at radius 2 is 2.12 bits per heavy atom. The van der Waals surface area contributed by atoms with Gasteiger partial charge in [-0.3, -0.25) is 15.1 Å². The van der Waals surface area contributed by atoms with E-state index in [-0.39, 0.29) is 11.7 Å². The minimum atomic E-state index is -0.183. The van der Waals surface area contributed by atoms with Crippen LogP contribution in [-0.4, -0.2) is 36.6 Å². The van der Waals surface area contributed by atoms with Crippen molar-refractivity contribution in [2.24, 2.45) is 0 Å². The van der Waals surface area contributed by atoms with Crippen LogP contribution in [0.25, 0.3) is 11.4 Å². The van der Waals surface area contributed by atoms with Gasteiger partial charge in [0, 0.05) is 30.6 Å². The lowest BCUT2D eigenvalue weighted by Gasteiger charge is -2.08. The number of rotatable bonds is 7. The van der Waals surface area contributed by atoms with Crippen LogP contribution in [0.15, 0.2) is 40.3 Å². The maximum atomic E-state index is 12.1. The summed E-state index contributed by atoms with van der Waals surface area (Å²) in [5.41, 5.74) is 1.66. The number of nitrogens with zero attached hydrogens (tertiary/aromatic N) is 5. The molecule has 25 heavy (non-hydrogen) atoms. The first-order chi connectivity index (χ1) is 12.2. The predicted octanol–water partition coefficient (Wildman–Crippen LogP) is 2.78. The predicted molar refractivity (Wildman–Crippen MR) is 94.1 cm³/mol. The third kappa shape index (κ3) is 4.24. The van der Waals surface area contributed by atoms with Crippen LogP contribution in [0.5, 0.6) is 0 Å². The quantitative estimate of drug-likeness (QED) is 0.648. The lowest BCUT2D eigenvalue weighted by Crippen LogP contribution is -2.14. The summed E-state index contributed by atoms with van der Waals surface area (Å²) in [5, 5.41) is 15.6. The maximum absolute atomic E-state index is 12.1. The van der Waals surface area contributed by atoms with Crippen molar-refractivity contribution >= 4 is 23.6 Å². The van der Waals surface area contributed by atoms with Gasteiger partial charge in [0.15, 0.2) is 11.0 Å². The molecular weight excluding hydrogens is 340 g/mol. The lowest BCUT2D eigenvalue weighted by atomic mass is 10.2. The normalized spacial score (nSPS) is 10.8. The molecule has 0 atom stereocenters. The second kappa shape index (κ2) is 7.93. The van der Waals surface area contributed by atoms with Gasteiger partial charge in [-0.05, 0) is 25.5 Å². The summed E-state index contributed by atoms with van der Waals surface area (Å²) in [7, 11) is 0. The molecule has 1 N–H and O–H groups in total.